The topological polar surface area (TPSA) is 136 Å². The Morgan fingerprint density at radius 2 is 2.21 bits per heavy atom. The van der Waals surface area contributed by atoms with Crippen molar-refractivity contribution < 1.29 is 17.6 Å². The molecule has 3 aromatic rings. The fraction of sp³-hybridized carbons (Fsp3) is 0.273. The molecule has 34 heavy (non-hydrogen) atoms. The first-order chi connectivity index (χ1) is 16.3. The summed E-state index contributed by atoms with van der Waals surface area (Å²) in [5.74, 6) is 4.93. The molecule has 1 aliphatic rings. The number of hydrogen-bond donors (Lipinski definition) is 2. The van der Waals surface area contributed by atoms with Crippen molar-refractivity contribution in [2.75, 3.05) is 25.4 Å². The Bertz CT molecular complexity index is 1430. The van der Waals surface area contributed by atoms with Crippen molar-refractivity contribution in [3.8, 4) is 11.8 Å². The number of piperidine rings is 1. The highest BCUT2D eigenvalue weighted by molar-refractivity contribution is 7.89. The van der Waals surface area contributed by atoms with Gasteiger partial charge in [-0.15, -0.1) is 0 Å². The first-order valence-corrected chi connectivity index (χ1v) is 11.9. The van der Waals surface area contributed by atoms with Crippen molar-refractivity contribution in [3.05, 3.63) is 54.8 Å². The molecule has 0 bridgehead atoms. The van der Waals surface area contributed by atoms with Gasteiger partial charge in [0.25, 0.3) is 0 Å². The number of benzene rings is 1. The van der Waals surface area contributed by atoms with Gasteiger partial charge in [0, 0.05) is 13.1 Å². The molecule has 1 atom stereocenters. The van der Waals surface area contributed by atoms with Crippen LogP contribution in [0.3, 0.4) is 0 Å². The van der Waals surface area contributed by atoms with E-state index in [1.807, 2.05) is 0 Å². The maximum atomic E-state index is 13.4. The number of nitrogens with one attached hydrogen (secondary N) is 1. The molecule has 1 aliphatic heterocycles. The molecule has 3 heterocycles. The SMILES string of the molecule is C=CC(=O)N1CCCC(n2nc(C#CCNS(=O)(=O)c3cccc(F)c3)c3c(N)ncnc32)C1. The normalized spacial score (nSPS) is 16.1. The second-order valence-electron chi connectivity index (χ2n) is 7.62. The van der Waals surface area contributed by atoms with Crippen LogP contribution in [0.5, 0.6) is 0 Å². The smallest absolute Gasteiger partial charge is 0.246 e. The Morgan fingerprint density at radius 1 is 1.38 bits per heavy atom. The number of aromatic nitrogens is 4. The van der Waals surface area contributed by atoms with Crippen molar-refractivity contribution in [1.29, 1.82) is 0 Å². The second-order valence-corrected chi connectivity index (χ2v) is 9.39. The van der Waals surface area contributed by atoms with Gasteiger partial charge in [-0.2, -0.15) is 9.82 Å². The van der Waals surface area contributed by atoms with Gasteiger partial charge < -0.3 is 10.6 Å². The fourth-order valence-corrected chi connectivity index (χ4v) is 4.75. The van der Waals surface area contributed by atoms with E-state index in [0.717, 1.165) is 25.0 Å². The van der Waals surface area contributed by atoms with Crippen molar-refractivity contribution in [2.24, 2.45) is 0 Å². The number of anilines is 1. The zero-order chi connectivity index (χ0) is 24.3. The number of halogens is 1. The quantitative estimate of drug-likeness (QED) is 0.411. The third kappa shape index (κ3) is 4.75. The highest BCUT2D eigenvalue weighted by atomic mass is 32.2. The van der Waals surface area contributed by atoms with E-state index in [9.17, 15) is 17.6 Å². The highest BCUT2D eigenvalue weighted by Gasteiger charge is 2.27. The van der Waals surface area contributed by atoms with Crippen LogP contribution < -0.4 is 10.5 Å². The molecule has 1 fully saturated rings. The van der Waals surface area contributed by atoms with Crippen LogP contribution in [-0.4, -0.2) is 58.6 Å². The largest absolute Gasteiger partial charge is 0.383 e. The zero-order valence-electron chi connectivity index (χ0n) is 18.1. The van der Waals surface area contributed by atoms with Crippen LogP contribution >= 0.6 is 0 Å². The number of hydrogen-bond acceptors (Lipinski definition) is 7. The summed E-state index contributed by atoms with van der Waals surface area (Å²) in [6.07, 6.45) is 4.18. The van der Waals surface area contributed by atoms with Crippen LogP contribution in [0.1, 0.15) is 24.6 Å². The van der Waals surface area contributed by atoms with Crippen LogP contribution in [0.2, 0.25) is 0 Å². The van der Waals surface area contributed by atoms with Gasteiger partial charge in [0.05, 0.1) is 22.9 Å². The molecule has 4 rings (SSSR count). The molecule has 10 nitrogen and oxygen atoms in total. The summed E-state index contributed by atoms with van der Waals surface area (Å²) in [5.41, 5.74) is 6.84. The standard InChI is InChI=1S/C22H22FN7O3S/c1-2-19(31)29-11-5-7-16(13-29)30-22-20(21(24)25-14-26-22)18(28-30)9-4-10-27-34(32,33)17-8-3-6-15(23)12-17/h2-3,6,8,12,14,16,27H,1,5,7,10-11,13H2,(H2,24,25,26). The number of amides is 1. The number of rotatable bonds is 5. The van der Waals surface area contributed by atoms with E-state index < -0.39 is 15.8 Å². The third-order valence-electron chi connectivity index (χ3n) is 5.41. The van der Waals surface area contributed by atoms with E-state index in [-0.39, 0.29) is 29.2 Å². The van der Waals surface area contributed by atoms with Crippen molar-refractivity contribution >= 4 is 32.8 Å². The molecule has 176 valence electrons. The van der Waals surface area contributed by atoms with E-state index in [0.29, 0.717) is 29.8 Å². The van der Waals surface area contributed by atoms with Crippen molar-refractivity contribution in [3.63, 3.8) is 0 Å². The van der Waals surface area contributed by atoms with Crippen LogP contribution in [0.15, 0.2) is 48.1 Å². The number of fused-ring (bicyclic) bond motifs is 1. The van der Waals surface area contributed by atoms with Gasteiger partial charge in [-0.3, -0.25) is 4.79 Å². The van der Waals surface area contributed by atoms with Gasteiger partial charge in [0.2, 0.25) is 15.9 Å². The number of sulfonamides is 1. The minimum Gasteiger partial charge on any atom is -0.383 e. The predicted octanol–water partition coefficient (Wildman–Crippen LogP) is 1.23. The van der Waals surface area contributed by atoms with Gasteiger partial charge in [0.15, 0.2) is 5.65 Å². The number of carbonyl (C=O) groups is 1. The van der Waals surface area contributed by atoms with Gasteiger partial charge in [-0.05, 0) is 43.0 Å². The fourth-order valence-electron chi connectivity index (χ4n) is 3.80. The number of nitrogens with two attached hydrogens (primary N) is 1. The summed E-state index contributed by atoms with van der Waals surface area (Å²) in [6.45, 7) is 4.39. The molecule has 1 aromatic carbocycles. The van der Waals surface area contributed by atoms with Crippen LogP contribution in [-0.2, 0) is 14.8 Å². The lowest BCUT2D eigenvalue weighted by Gasteiger charge is -2.32. The lowest BCUT2D eigenvalue weighted by molar-refractivity contribution is -0.127. The van der Waals surface area contributed by atoms with Gasteiger partial charge in [-0.1, -0.05) is 18.6 Å². The minimum atomic E-state index is -3.93. The van der Waals surface area contributed by atoms with E-state index in [1.54, 1.807) is 9.58 Å². The Hall–Kier alpha value is -3.82. The molecule has 1 amide bonds. The van der Waals surface area contributed by atoms with E-state index >= 15 is 0 Å². The molecule has 12 heteroatoms. The van der Waals surface area contributed by atoms with Crippen molar-refractivity contribution in [1.82, 2.24) is 29.4 Å². The average molecular weight is 484 g/mol. The molecule has 3 N–H and O–H groups in total. The monoisotopic (exact) mass is 483 g/mol. The van der Waals surface area contributed by atoms with Gasteiger partial charge in [-0.25, -0.2) is 27.5 Å². The van der Waals surface area contributed by atoms with Crippen LogP contribution in [0.25, 0.3) is 11.0 Å². The van der Waals surface area contributed by atoms with Crippen LogP contribution in [0.4, 0.5) is 10.2 Å². The average Bonchev–Trinajstić information content (AvgIpc) is 3.21. The lowest BCUT2D eigenvalue weighted by Crippen LogP contribution is -2.40. The Balaban J connectivity index is 1.59. The summed E-state index contributed by atoms with van der Waals surface area (Å²) in [7, 11) is -3.93. The van der Waals surface area contributed by atoms with E-state index in [4.69, 9.17) is 5.73 Å². The molecule has 0 saturated carbocycles. The zero-order valence-corrected chi connectivity index (χ0v) is 18.9. The highest BCUT2D eigenvalue weighted by Crippen LogP contribution is 2.28. The van der Waals surface area contributed by atoms with E-state index in [2.05, 4.69) is 38.2 Å². The summed E-state index contributed by atoms with van der Waals surface area (Å²) in [6, 6.07) is 4.54. The van der Waals surface area contributed by atoms with Gasteiger partial charge >= 0.3 is 0 Å². The minimum absolute atomic E-state index is 0.142. The number of carbonyl (C=O) groups excluding carboxylic acids is 1. The summed E-state index contributed by atoms with van der Waals surface area (Å²) in [5, 5.41) is 5.02. The summed E-state index contributed by atoms with van der Waals surface area (Å²) in [4.78, 5) is 21.9. The maximum absolute atomic E-state index is 13.4. The Labute approximate surface area is 195 Å². The Morgan fingerprint density at radius 3 is 2.97 bits per heavy atom. The number of nitrogen functional groups attached to an aromatic ring is 1. The molecule has 0 spiro atoms. The molecule has 1 unspecified atom stereocenters. The predicted molar refractivity (Wildman–Crippen MR) is 123 cm³/mol. The van der Waals surface area contributed by atoms with Crippen molar-refractivity contribution in [2.45, 2.75) is 23.8 Å². The first kappa shape index (κ1) is 23.3. The second kappa shape index (κ2) is 9.58. The third-order valence-corrected chi connectivity index (χ3v) is 6.81. The van der Waals surface area contributed by atoms with Crippen LogP contribution in [0, 0.1) is 17.7 Å². The molecule has 1 saturated heterocycles. The van der Waals surface area contributed by atoms with E-state index in [1.165, 1.54) is 24.5 Å². The molecular weight excluding hydrogens is 461 g/mol. The molecule has 0 aliphatic carbocycles. The molecule has 0 radical (unpaired) electrons. The first-order valence-electron chi connectivity index (χ1n) is 10.4. The summed E-state index contributed by atoms with van der Waals surface area (Å²) < 4.78 is 42.0. The summed E-state index contributed by atoms with van der Waals surface area (Å²) >= 11 is 0. The molecular formula is C22H22FN7O3S. The maximum Gasteiger partial charge on any atom is 0.246 e. The van der Waals surface area contributed by atoms with Gasteiger partial charge in [0.1, 0.15) is 23.7 Å². The number of likely N-dealkylation sites (tertiary alicyclic amines) is 1. The Kier molecular flexibility index (Phi) is 6.58. The molecule has 2 aromatic heterocycles. The lowest BCUT2D eigenvalue weighted by atomic mass is 10.1. The number of nitrogens with zero attached hydrogens (tertiary/aromatic N) is 5.